The number of methoxy groups -OCH3 is 2. The van der Waals surface area contributed by atoms with Gasteiger partial charge in [-0.05, 0) is 18.1 Å². The first-order chi connectivity index (χ1) is 9.08. The molecule has 0 radical (unpaired) electrons. The van der Waals surface area contributed by atoms with Crippen molar-refractivity contribution in [2.24, 2.45) is 0 Å². The van der Waals surface area contributed by atoms with Crippen LogP contribution < -0.4 is 14.8 Å². The molecule has 1 amide bonds. The fraction of sp³-hybridized carbons (Fsp3) is 0.385. The minimum atomic E-state index is -1.14. The molecule has 0 aliphatic heterocycles. The van der Waals surface area contributed by atoms with E-state index in [-0.39, 0.29) is 0 Å². The van der Waals surface area contributed by atoms with E-state index < -0.39 is 18.3 Å². The van der Waals surface area contributed by atoms with Gasteiger partial charge in [-0.2, -0.15) is 0 Å². The number of amides is 1. The van der Waals surface area contributed by atoms with E-state index in [1.807, 2.05) is 12.1 Å². The molecule has 19 heavy (non-hydrogen) atoms. The standard InChI is InChI=1S/C13H17NO5/c1-18-10-5-3-4-9(13(10)19-2)6-7-14-11(15)8-12(16)17/h3-5H,6-8H2,1-2H3,(H,14,15)(H,16,17). The molecular formula is C13H17NO5. The van der Waals surface area contributed by atoms with Gasteiger partial charge in [0.15, 0.2) is 11.5 Å². The molecule has 1 aromatic carbocycles. The van der Waals surface area contributed by atoms with Gasteiger partial charge in [0.2, 0.25) is 5.91 Å². The Kier molecular flexibility index (Phi) is 5.66. The van der Waals surface area contributed by atoms with Gasteiger partial charge in [-0.3, -0.25) is 9.59 Å². The van der Waals surface area contributed by atoms with Crippen LogP contribution in [0.25, 0.3) is 0 Å². The molecule has 0 spiro atoms. The molecular weight excluding hydrogens is 250 g/mol. The van der Waals surface area contributed by atoms with E-state index in [2.05, 4.69) is 5.32 Å². The lowest BCUT2D eigenvalue weighted by molar-refractivity contribution is -0.140. The van der Waals surface area contributed by atoms with Crippen molar-refractivity contribution in [3.8, 4) is 11.5 Å². The highest BCUT2D eigenvalue weighted by Gasteiger charge is 2.10. The van der Waals surface area contributed by atoms with Crippen LogP contribution in [0.4, 0.5) is 0 Å². The lowest BCUT2D eigenvalue weighted by Gasteiger charge is -2.12. The first-order valence-corrected chi connectivity index (χ1v) is 5.76. The number of benzene rings is 1. The second-order valence-corrected chi connectivity index (χ2v) is 3.82. The highest BCUT2D eigenvalue weighted by molar-refractivity contribution is 5.93. The number of para-hydroxylation sites is 1. The van der Waals surface area contributed by atoms with Gasteiger partial charge in [-0.25, -0.2) is 0 Å². The average molecular weight is 267 g/mol. The lowest BCUT2D eigenvalue weighted by atomic mass is 10.1. The number of carboxylic acids is 1. The average Bonchev–Trinajstić information content (AvgIpc) is 2.37. The predicted molar refractivity (Wildman–Crippen MR) is 68.5 cm³/mol. The smallest absolute Gasteiger partial charge is 0.312 e. The Morgan fingerprint density at radius 1 is 1.26 bits per heavy atom. The quantitative estimate of drug-likeness (QED) is 0.715. The zero-order chi connectivity index (χ0) is 14.3. The minimum absolute atomic E-state index is 0.343. The second-order valence-electron chi connectivity index (χ2n) is 3.82. The van der Waals surface area contributed by atoms with Gasteiger partial charge >= 0.3 is 5.97 Å². The van der Waals surface area contributed by atoms with Crippen molar-refractivity contribution >= 4 is 11.9 Å². The van der Waals surface area contributed by atoms with E-state index in [1.54, 1.807) is 20.3 Å². The van der Waals surface area contributed by atoms with Crippen LogP contribution in [-0.4, -0.2) is 37.7 Å². The fourth-order valence-electron chi connectivity index (χ4n) is 1.69. The molecule has 1 aromatic rings. The summed E-state index contributed by atoms with van der Waals surface area (Å²) >= 11 is 0. The van der Waals surface area contributed by atoms with Gasteiger partial charge in [-0.15, -0.1) is 0 Å². The Balaban J connectivity index is 2.58. The van der Waals surface area contributed by atoms with Crippen LogP contribution >= 0.6 is 0 Å². The van der Waals surface area contributed by atoms with Gasteiger partial charge in [0.1, 0.15) is 6.42 Å². The Morgan fingerprint density at radius 3 is 2.58 bits per heavy atom. The zero-order valence-electron chi connectivity index (χ0n) is 10.9. The van der Waals surface area contributed by atoms with E-state index in [0.717, 1.165) is 5.56 Å². The molecule has 0 bridgehead atoms. The summed E-state index contributed by atoms with van der Waals surface area (Å²) < 4.78 is 10.4. The largest absolute Gasteiger partial charge is 0.493 e. The Morgan fingerprint density at radius 2 is 2.00 bits per heavy atom. The third kappa shape index (κ3) is 4.50. The summed E-state index contributed by atoms with van der Waals surface area (Å²) in [6, 6.07) is 5.48. The highest BCUT2D eigenvalue weighted by atomic mass is 16.5. The minimum Gasteiger partial charge on any atom is -0.493 e. The molecule has 0 atom stereocenters. The van der Waals surface area contributed by atoms with E-state index >= 15 is 0 Å². The van der Waals surface area contributed by atoms with Crippen LogP contribution in [0.2, 0.25) is 0 Å². The van der Waals surface area contributed by atoms with Crippen LogP contribution in [0.3, 0.4) is 0 Å². The number of hydrogen-bond acceptors (Lipinski definition) is 4. The topological polar surface area (TPSA) is 84.9 Å². The van der Waals surface area contributed by atoms with Crippen molar-refractivity contribution in [2.75, 3.05) is 20.8 Å². The first kappa shape index (κ1) is 14.8. The van der Waals surface area contributed by atoms with Crippen LogP contribution in [-0.2, 0) is 16.0 Å². The van der Waals surface area contributed by atoms with Crippen LogP contribution in [0, 0.1) is 0 Å². The van der Waals surface area contributed by atoms with Crippen LogP contribution in [0.1, 0.15) is 12.0 Å². The van der Waals surface area contributed by atoms with Crippen molar-refractivity contribution in [2.45, 2.75) is 12.8 Å². The number of carboxylic acid groups (broad SMARTS) is 1. The summed E-state index contributed by atoms with van der Waals surface area (Å²) in [4.78, 5) is 21.5. The van der Waals surface area contributed by atoms with Crippen molar-refractivity contribution < 1.29 is 24.2 Å². The molecule has 0 aliphatic carbocycles. The number of carbonyl (C=O) groups excluding carboxylic acids is 1. The van der Waals surface area contributed by atoms with E-state index in [9.17, 15) is 9.59 Å². The first-order valence-electron chi connectivity index (χ1n) is 5.76. The molecule has 0 unspecified atom stereocenters. The molecule has 0 heterocycles. The van der Waals surface area contributed by atoms with Crippen LogP contribution in [0.15, 0.2) is 18.2 Å². The molecule has 0 saturated heterocycles. The summed E-state index contributed by atoms with van der Waals surface area (Å²) in [5.41, 5.74) is 0.887. The normalized spacial score (nSPS) is 9.79. The molecule has 6 nitrogen and oxygen atoms in total. The molecule has 1 rings (SSSR count). The van der Waals surface area contributed by atoms with Gasteiger partial charge < -0.3 is 19.9 Å². The molecule has 104 valence electrons. The SMILES string of the molecule is COc1cccc(CCNC(=O)CC(=O)O)c1OC. The predicted octanol–water partition coefficient (Wildman–Crippen LogP) is 0.837. The summed E-state index contributed by atoms with van der Waals surface area (Å²) in [6.45, 7) is 0.343. The lowest BCUT2D eigenvalue weighted by Crippen LogP contribution is -2.27. The Bertz CT molecular complexity index is 458. The Labute approximate surface area is 111 Å². The van der Waals surface area contributed by atoms with Crippen molar-refractivity contribution in [3.63, 3.8) is 0 Å². The second kappa shape index (κ2) is 7.25. The molecule has 0 saturated carbocycles. The van der Waals surface area contributed by atoms with Crippen molar-refractivity contribution in [1.29, 1.82) is 0 Å². The number of nitrogens with one attached hydrogen (secondary N) is 1. The number of aliphatic carboxylic acids is 1. The maximum Gasteiger partial charge on any atom is 0.312 e. The van der Waals surface area contributed by atoms with Gasteiger partial charge in [-0.1, -0.05) is 12.1 Å². The number of rotatable bonds is 7. The Hall–Kier alpha value is -2.24. The summed E-state index contributed by atoms with van der Waals surface area (Å²) in [6.07, 6.45) is 0.0149. The third-order valence-electron chi connectivity index (χ3n) is 2.51. The fourth-order valence-corrected chi connectivity index (χ4v) is 1.69. The number of ether oxygens (including phenoxy) is 2. The zero-order valence-corrected chi connectivity index (χ0v) is 10.9. The van der Waals surface area contributed by atoms with E-state index in [1.165, 1.54) is 0 Å². The van der Waals surface area contributed by atoms with E-state index in [0.29, 0.717) is 24.5 Å². The monoisotopic (exact) mass is 267 g/mol. The summed E-state index contributed by atoms with van der Waals surface area (Å²) in [5.74, 6) is -0.403. The molecule has 0 aromatic heterocycles. The number of carbonyl (C=O) groups is 2. The highest BCUT2D eigenvalue weighted by Crippen LogP contribution is 2.30. The van der Waals surface area contributed by atoms with E-state index in [4.69, 9.17) is 14.6 Å². The van der Waals surface area contributed by atoms with Gasteiger partial charge in [0, 0.05) is 6.54 Å². The maximum absolute atomic E-state index is 11.2. The summed E-state index contributed by atoms with van der Waals surface area (Å²) in [7, 11) is 3.10. The van der Waals surface area contributed by atoms with Crippen molar-refractivity contribution in [1.82, 2.24) is 5.32 Å². The van der Waals surface area contributed by atoms with Gasteiger partial charge in [0.25, 0.3) is 0 Å². The molecule has 0 aliphatic rings. The maximum atomic E-state index is 11.2. The third-order valence-corrected chi connectivity index (χ3v) is 2.51. The molecule has 6 heteroatoms. The molecule has 2 N–H and O–H groups in total. The van der Waals surface area contributed by atoms with Gasteiger partial charge in [0.05, 0.1) is 14.2 Å². The molecule has 0 fully saturated rings. The van der Waals surface area contributed by atoms with Crippen LogP contribution in [0.5, 0.6) is 11.5 Å². The van der Waals surface area contributed by atoms with Crippen molar-refractivity contribution in [3.05, 3.63) is 23.8 Å². The summed E-state index contributed by atoms with van der Waals surface area (Å²) in [5, 5.41) is 11.0. The number of hydrogen-bond donors (Lipinski definition) is 2.